The van der Waals surface area contributed by atoms with Gasteiger partial charge in [-0.15, -0.1) is 10.2 Å². The summed E-state index contributed by atoms with van der Waals surface area (Å²) in [6, 6.07) is 0. The standard InChI is InChI=1S/C10H11N7OS2/c18-10(9-4-13-16-20-9,5-17-7-11-6-14-17)2-1-8-3-12-15-19-8/h3-4,6-7,18H,1-2,5H2. The summed E-state index contributed by atoms with van der Waals surface area (Å²) in [5, 5.41) is 22.6. The Hall–Kier alpha value is -1.78. The molecule has 0 bridgehead atoms. The maximum absolute atomic E-state index is 10.9. The number of aromatic nitrogens is 7. The predicted molar refractivity (Wildman–Crippen MR) is 72.1 cm³/mol. The molecule has 0 aromatic carbocycles. The largest absolute Gasteiger partial charge is 0.382 e. The molecule has 20 heavy (non-hydrogen) atoms. The lowest BCUT2D eigenvalue weighted by atomic mass is 9.96. The van der Waals surface area contributed by atoms with Gasteiger partial charge >= 0.3 is 0 Å². The summed E-state index contributed by atoms with van der Waals surface area (Å²) in [4.78, 5) is 5.63. The van der Waals surface area contributed by atoms with Crippen LogP contribution in [0.1, 0.15) is 16.2 Å². The van der Waals surface area contributed by atoms with E-state index in [9.17, 15) is 5.11 Å². The summed E-state index contributed by atoms with van der Waals surface area (Å²) in [6.07, 6.45) is 7.52. The van der Waals surface area contributed by atoms with Crippen LogP contribution in [0.25, 0.3) is 0 Å². The second kappa shape index (κ2) is 5.69. The minimum absolute atomic E-state index is 0.309. The summed E-state index contributed by atoms with van der Waals surface area (Å²) < 4.78 is 9.25. The minimum atomic E-state index is -1.08. The van der Waals surface area contributed by atoms with E-state index in [2.05, 4.69) is 29.3 Å². The minimum Gasteiger partial charge on any atom is -0.382 e. The number of nitrogens with zero attached hydrogens (tertiary/aromatic N) is 7. The molecule has 1 N–H and O–H groups in total. The molecule has 3 heterocycles. The van der Waals surface area contributed by atoms with Crippen molar-refractivity contribution in [3.05, 3.63) is 34.8 Å². The van der Waals surface area contributed by atoms with E-state index in [1.165, 1.54) is 29.4 Å². The number of rotatable bonds is 6. The van der Waals surface area contributed by atoms with Gasteiger partial charge in [-0.05, 0) is 35.9 Å². The molecule has 0 radical (unpaired) electrons. The van der Waals surface area contributed by atoms with Crippen molar-refractivity contribution in [2.75, 3.05) is 0 Å². The molecule has 3 aromatic rings. The van der Waals surface area contributed by atoms with E-state index in [4.69, 9.17) is 0 Å². The summed E-state index contributed by atoms with van der Waals surface area (Å²) in [5.74, 6) is 0. The molecule has 104 valence electrons. The Bertz CT molecular complexity index is 625. The average Bonchev–Trinajstić information content (AvgIpc) is 3.19. The Morgan fingerprint density at radius 3 is 2.70 bits per heavy atom. The number of aryl methyl sites for hydroxylation is 1. The second-order valence-electron chi connectivity index (χ2n) is 4.29. The first-order valence-corrected chi connectivity index (χ1v) is 7.40. The fourth-order valence-electron chi connectivity index (χ4n) is 1.86. The Morgan fingerprint density at radius 2 is 2.05 bits per heavy atom. The molecule has 0 amide bonds. The van der Waals surface area contributed by atoms with Gasteiger partial charge in [0.25, 0.3) is 0 Å². The SMILES string of the molecule is OC(CCc1cnns1)(Cn1cncn1)c1cnns1. The molecular weight excluding hydrogens is 298 g/mol. The van der Waals surface area contributed by atoms with Gasteiger partial charge in [0.05, 0.1) is 23.8 Å². The van der Waals surface area contributed by atoms with E-state index >= 15 is 0 Å². The van der Waals surface area contributed by atoms with Crippen molar-refractivity contribution in [1.82, 2.24) is 33.9 Å². The van der Waals surface area contributed by atoms with Gasteiger partial charge in [0.1, 0.15) is 18.3 Å². The van der Waals surface area contributed by atoms with Gasteiger partial charge in [0, 0.05) is 4.88 Å². The van der Waals surface area contributed by atoms with E-state index in [1.807, 2.05) is 0 Å². The van der Waals surface area contributed by atoms with Crippen LogP contribution < -0.4 is 0 Å². The van der Waals surface area contributed by atoms with Gasteiger partial charge in [-0.3, -0.25) is 0 Å². The third-order valence-electron chi connectivity index (χ3n) is 2.90. The molecule has 1 unspecified atom stereocenters. The molecule has 0 saturated carbocycles. The Morgan fingerprint density at radius 1 is 1.20 bits per heavy atom. The monoisotopic (exact) mass is 309 g/mol. The first kappa shape index (κ1) is 13.2. The molecule has 3 aromatic heterocycles. The van der Waals surface area contributed by atoms with Crippen LogP contribution in [0.15, 0.2) is 25.0 Å². The van der Waals surface area contributed by atoms with Crippen molar-refractivity contribution in [2.45, 2.75) is 25.0 Å². The third-order valence-corrected chi connectivity index (χ3v) is 4.48. The Labute approximate surface area is 122 Å². The molecule has 0 aliphatic rings. The zero-order valence-electron chi connectivity index (χ0n) is 10.3. The molecule has 0 saturated heterocycles. The first-order chi connectivity index (χ1) is 9.76. The highest BCUT2D eigenvalue weighted by atomic mass is 32.1. The quantitative estimate of drug-likeness (QED) is 0.707. The maximum Gasteiger partial charge on any atom is 0.137 e. The normalized spacial score (nSPS) is 14.2. The number of hydrogen-bond acceptors (Lipinski definition) is 9. The van der Waals surface area contributed by atoms with Gasteiger partial charge in [0.15, 0.2) is 0 Å². The van der Waals surface area contributed by atoms with Crippen LogP contribution in [0.3, 0.4) is 0 Å². The van der Waals surface area contributed by atoms with E-state index in [-0.39, 0.29) is 0 Å². The van der Waals surface area contributed by atoms with E-state index in [0.29, 0.717) is 24.3 Å². The van der Waals surface area contributed by atoms with Crippen molar-refractivity contribution in [1.29, 1.82) is 0 Å². The van der Waals surface area contributed by atoms with Gasteiger partial charge < -0.3 is 5.11 Å². The van der Waals surface area contributed by atoms with Crippen LogP contribution in [-0.4, -0.2) is 39.0 Å². The molecule has 10 heteroatoms. The van der Waals surface area contributed by atoms with E-state index < -0.39 is 5.60 Å². The van der Waals surface area contributed by atoms with Gasteiger partial charge in [-0.1, -0.05) is 8.98 Å². The third kappa shape index (κ3) is 2.86. The highest BCUT2D eigenvalue weighted by Crippen LogP contribution is 2.30. The molecule has 0 aliphatic carbocycles. The summed E-state index contributed by atoms with van der Waals surface area (Å²) in [5.41, 5.74) is -1.08. The Balaban J connectivity index is 1.79. The molecule has 0 aliphatic heterocycles. The molecule has 1 atom stereocenters. The number of aliphatic hydroxyl groups is 1. The predicted octanol–water partition coefficient (Wildman–Crippen LogP) is 0.502. The van der Waals surface area contributed by atoms with Crippen LogP contribution in [0.5, 0.6) is 0 Å². The summed E-state index contributed by atoms with van der Waals surface area (Å²) in [7, 11) is 0. The van der Waals surface area contributed by atoms with Crippen molar-refractivity contribution in [2.24, 2.45) is 0 Å². The lowest BCUT2D eigenvalue weighted by molar-refractivity contribution is 0.01000. The smallest absolute Gasteiger partial charge is 0.137 e. The zero-order chi connectivity index (χ0) is 13.8. The van der Waals surface area contributed by atoms with E-state index in [0.717, 1.165) is 4.88 Å². The summed E-state index contributed by atoms with van der Waals surface area (Å²) in [6.45, 7) is 0.309. The lowest BCUT2D eigenvalue weighted by Crippen LogP contribution is -2.31. The average molecular weight is 309 g/mol. The highest BCUT2D eigenvalue weighted by Gasteiger charge is 2.32. The summed E-state index contributed by atoms with van der Waals surface area (Å²) >= 11 is 2.52. The van der Waals surface area contributed by atoms with Gasteiger partial charge in [-0.25, -0.2) is 9.67 Å². The van der Waals surface area contributed by atoms with Gasteiger partial charge in [0.2, 0.25) is 0 Å². The Kier molecular flexibility index (Phi) is 3.76. The lowest BCUT2D eigenvalue weighted by Gasteiger charge is -2.25. The maximum atomic E-state index is 10.9. The van der Waals surface area contributed by atoms with Crippen LogP contribution in [-0.2, 0) is 18.6 Å². The van der Waals surface area contributed by atoms with Crippen LogP contribution in [0.2, 0.25) is 0 Å². The molecule has 8 nitrogen and oxygen atoms in total. The zero-order valence-corrected chi connectivity index (χ0v) is 12.0. The highest BCUT2D eigenvalue weighted by molar-refractivity contribution is 7.05. The van der Waals surface area contributed by atoms with Crippen LogP contribution in [0.4, 0.5) is 0 Å². The topological polar surface area (TPSA) is 102 Å². The van der Waals surface area contributed by atoms with E-state index in [1.54, 1.807) is 23.4 Å². The first-order valence-electron chi connectivity index (χ1n) is 5.85. The molecule has 3 rings (SSSR count). The molecule has 0 fully saturated rings. The fraction of sp³-hybridized carbons (Fsp3) is 0.400. The molecular formula is C10H11N7OS2. The van der Waals surface area contributed by atoms with Crippen molar-refractivity contribution >= 4 is 23.1 Å². The van der Waals surface area contributed by atoms with Crippen molar-refractivity contribution in [3.63, 3.8) is 0 Å². The fourth-order valence-corrected chi connectivity index (χ4v) is 2.96. The van der Waals surface area contributed by atoms with Crippen LogP contribution >= 0.6 is 23.1 Å². The van der Waals surface area contributed by atoms with Crippen molar-refractivity contribution in [3.8, 4) is 0 Å². The van der Waals surface area contributed by atoms with Crippen molar-refractivity contribution < 1.29 is 5.11 Å². The molecule has 0 spiro atoms. The number of hydrogen-bond donors (Lipinski definition) is 1. The second-order valence-corrected chi connectivity index (χ2v) is 5.95. The van der Waals surface area contributed by atoms with Gasteiger partial charge in [-0.2, -0.15) is 5.10 Å². The van der Waals surface area contributed by atoms with Crippen LogP contribution in [0, 0.1) is 0 Å².